The smallest absolute Gasteiger partial charge is 0.273 e. The SMILES string of the molecule is CC(C)N(Cc1ccco1)C(=O)c1ccccn1. The second-order valence-corrected chi connectivity index (χ2v) is 4.32. The molecule has 0 atom stereocenters. The number of furan rings is 1. The maximum absolute atomic E-state index is 12.3. The Kier molecular flexibility index (Phi) is 3.77. The summed E-state index contributed by atoms with van der Waals surface area (Å²) in [5.74, 6) is 0.690. The zero-order valence-electron chi connectivity index (χ0n) is 10.5. The van der Waals surface area contributed by atoms with Crippen molar-refractivity contribution in [3.63, 3.8) is 0 Å². The van der Waals surface area contributed by atoms with Gasteiger partial charge < -0.3 is 9.32 Å². The lowest BCUT2D eigenvalue weighted by molar-refractivity contribution is 0.0670. The predicted octanol–water partition coefficient (Wildman–Crippen LogP) is 2.73. The summed E-state index contributed by atoms with van der Waals surface area (Å²) in [6, 6.07) is 9.10. The summed E-state index contributed by atoms with van der Waals surface area (Å²) in [6.45, 7) is 4.41. The van der Waals surface area contributed by atoms with Crippen LogP contribution >= 0.6 is 0 Å². The fraction of sp³-hybridized carbons (Fsp3) is 0.286. The summed E-state index contributed by atoms with van der Waals surface area (Å²) < 4.78 is 5.29. The van der Waals surface area contributed by atoms with E-state index in [0.717, 1.165) is 5.76 Å². The van der Waals surface area contributed by atoms with E-state index in [1.807, 2.05) is 32.0 Å². The molecule has 0 aliphatic carbocycles. The first-order valence-corrected chi connectivity index (χ1v) is 5.93. The van der Waals surface area contributed by atoms with E-state index in [-0.39, 0.29) is 11.9 Å². The van der Waals surface area contributed by atoms with Gasteiger partial charge in [-0.1, -0.05) is 6.07 Å². The third kappa shape index (κ3) is 2.77. The quantitative estimate of drug-likeness (QED) is 0.830. The lowest BCUT2D eigenvalue weighted by Crippen LogP contribution is -2.36. The highest BCUT2D eigenvalue weighted by atomic mass is 16.3. The lowest BCUT2D eigenvalue weighted by atomic mass is 10.2. The number of amides is 1. The van der Waals surface area contributed by atoms with E-state index in [1.165, 1.54) is 0 Å². The van der Waals surface area contributed by atoms with Crippen molar-refractivity contribution in [1.29, 1.82) is 0 Å². The van der Waals surface area contributed by atoms with Crippen LogP contribution in [0.3, 0.4) is 0 Å². The summed E-state index contributed by atoms with van der Waals surface area (Å²) >= 11 is 0. The fourth-order valence-electron chi connectivity index (χ4n) is 1.70. The van der Waals surface area contributed by atoms with E-state index in [9.17, 15) is 4.79 Å². The van der Waals surface area contributed by atoms with Gasteiger partial charge >= 0.3 is 0 Å². The van der Waals surface area contributed by atoms with Crippen molar-refractivity contribution in [3.8, 4) is 0 Å². The standard InChI is InChI=1S/C14H16N2O2/c1-11(2)16(10-12-6-5-9-18-12)14(17)13-7-3-4-8-15-13/h3-9,11H,10H2,1-2H3. The molecule has 1 amide bonds. The first kappa shape index (κ1) is 12.4. The largest absolute Gasteiger partial charge is 0.467 e. The average molecular weight is 244 g/mol. The number of carbonyl (C=O) groups excluding carboxylic acids is 1. The third-order valence-electron chi connectivity index (χ3n) is 2.67. The zero-order valence-corrected chi connectivity index (χ0v) is 10.5. The van der Waals surface area contributed by atoms with E-state index in [1.54, 1.807) is 29.5 Å². The number of nitrogens with zero attached hydrogens (tertiary/aromatic N) is 2. The van der Waals surface area contributed by atoms with Crippen LogP contribution in [0.1, 0.15) is 30.1 Å². The molecule has 2 aromatic rings. The van der Waals surface area contributed by atoms with Gasteiger partial charge in [0.25, 0.3) is 5.91 Å². The summed E-state index contributed by atoms with van der Waals surface area (Å²) in [7, 11) is 0. The molecule has 0 radical (unpaired) electrons. The molecular formula is C14H16N2O2. The Balaban J connectivity index is 2.18. The van der Waals surface area contributed by atoms with E-state index in [0.29, 0.717) is 12.2 Å². The molecule has 0 bridgehead atoms. The first-order valence-electron chi connectivity index (χ1n) is 5.93. The monoisotopic (exact) mass is 244 g/mol. The van der Waals surface area contributed by atoms with Crippen molar-refractivity contribution >= 4 is 5.91 Å². The molecular weight excluding hydrogens is 228 g/mol. The first-order chi connectivity index (χ1) is 8.68. The minimum absolute atomic E-state index is 0.0815. The highest BCUT2D eigenvalue weighted by molar-refractivity contribution is 5.92. The molecule has 0 aliphatic heterocycles. The Morgan fingerprint density at radius 2 is 2.17 bits per heavy atom. The Labute approximate surface area is 106 Å². The molecule has 2 heterocycles. The number of hydrogen-bond acceptors (Lipinski definition) is 3. The number of carbonyl (C=O) groups is 1. The Bertz CT molecular complexity index is 492. The minimum atomic E-state index is -0.0815. The maximum Gasteiger partial charge on any atom is 0.273 e. The van der Waals surface area contributed by atoms with E-state index in [2.05, 4.69) is 4.98 Å². The molecule has 0 spiro atoms. The number of aromatic nitrogens is 1. The average Bonchev–Trinajstić information content (AvgIpc) is 2.89. The van der Waals surface area contributed by atoms with Crippen LogP contribution in [0.5, 0.6) is 0 Å². The predicted molar refractivity (Wildman–Crippen MR) is 68.0 cm³/mol. The van der Waals surface area contributed by atoms with Crippen molar-refractivity contribution < 1.29 is 9.21 Å². The van der Waals surface area contributed by atoms with Gasteiger partial charge in [-0.2, -0.15) is 0 Å². The van der Waals surface area contributed by atoms with E-state index < -0.39 is 0 Å². The van der Waals surface area contributed by atoms with Crippen LogP contribution in [0.25, 0.3) is 0 Å². The Morgan fingerprint density at radius 3 is 2.72 bits per heavy atom. The molecule has 0 unspecified atom stereocenters. The van der Waals surface area contributed by atoms with Gasteiger partial charge in [0.2, 0.25) is 0 Å². The van der Waals surface area contributed by atoms with Crippen LogP contribution in [0.2, 0.25) is 0 Å². The number of hydrogen-bond donors (Lipinski definition) is 0. The second-order valence-electron chi connectivity index (χ2n) is 4.32. The highest BCUT2D eigenvalue weighted by Crippen LogP contribution is 2.12. The Morgan fingerprint density at radius 1 is 1.33 bits per heavy atom. The molecule has 0 fully saturated rings. The molecule has 4 heteroatoms. The van der Waals surface area contributed by atoms with Crippen molar-refractivity contribution in [2.75, 3.05) is 0 Å². The van der Waals surface area contributed by atoms with Gasteiger partial charge in [-0.05, 0) is 38.1 Å². The second kappa shape index (κ2) is 5.49. The molecule has 2 aromatic heterocycles. The normalized spacial score (nSPS) is 10.6. The zero-order chi connectivity index (χ0) is 13.0. The lowest BCUT2D eigenvalue weighted by Gasteiger charge is -2.25. The van der Waals surface area contributed by atoms with Crippen molar-refractivity contribution in [2.45, 2.75) is 26.4 Å². The van der Waals surface area contributed by atoms with Crippen LogP contribution in [0.15, 0.2) is 47.2 Å². The van der Waals surface area contributed by atoms with Gasteiger partial charge in [0.15, 0.2) is 0 Å². The number of rotatable bonds is 4. The molecule has 2 rings (SSSR count). The molecule has 0 aromatic carbocycles. The molecule has 0 saturated heterocycles. The Hall–Kier alpha value is -2.10. The van der Waals surface area contributed by atoms with Crippen LogP contribution in [0, 0.1) is 0 Å². The number of pyridine rings is 1. The van der Waals surface area contributed by atoms with Gasteiger partial charge in [-0.3, -0.25) is 9.78 Å². The topological polar surface area (TPSA) is 46.3 Å². The van der Waals surface area contributed by atoms with Gasteiger partial charge in [0.1, 0.15) is 11.5 Å². The van der Waals surface area contributed by atoms with Crippen LogP contribution in [-0.4, -0.2) is 21.8 Å². The molecule has 18 heavy (non-hydrogen) atoms. The van der Waals surface area contributed by atoms with Crippen molar-refractivity contribution in [1.82, 2.24) is 9.88 Å². The van der Waals surface area contributed by atoms with E-state index in [4.69, 9.17) is 4.42 Å². The molecule has 4 nitrogen and oxygen atoms in total. The third-order valence-corrected chi connectivity index (χ3v) is 2.67. The van der Waals surface area contributed by atoms with Crippen molar-refractivity contribution in [3.05, 3.63) is 54.2 Å². The van der Waals surface area contributed by atoms with Crippen LogP contribution in [-0.2, 0) is 6.54 Å². The van der Waals surface area contributed by atoms with Gasteiger partial charge in [0.05, 0.1) is 12.8 Å². The van der Waals surface area contributed by atoms with Gasteiger partial charge in [0, 0.05) is 12.2 Å². The molecule has 0 aliphatic rings. The highest BCUT2D eigenvalue weighted by Gasteiger charge is 2.20. The molecule has 0 N–H and O–H groups in total. The van der Waals surface area contributed by atoms with Gasteiger partial charge in [-0.25, -0.2) is 0 Å². The van der Waals surface area contributed by atoms with Gasteiger partial charge in [-0.15, -0.1) is 0 Å². The molecule has 0 saturated carbocycles. The minimum Gasteiger partial charge on any atom is -0.467 e. The summed E-state index contributed by atoms with van der Waals surface area (Å²) in [5, 5.41) is 0. The van der Waals surface area contributed by atoms with E-state index >= 15 is 0 Å². The summed E-state index contributed by atoms with van der Waals surface area (Å²) in [6.07, 6.45) is 3.23. The summed E-state index contributed by atoms with van der Waals surface area (Å²) in [5.41, 5.74) is 0.456. The van der Waals surface area contributed by atoms with Crippen molar-refractivity contribution in [2.24, 2.45) is 0 Å². The summed E-state index contributed by atoms with van der Waals surface area (Å²) in [4.78, 5) is 18.2. The van der Waals surface area contributed by atoms with Crippen LogP contribution < -0.4 is 0 Å². The van der Waals surface area contributed by atoms with Crippen LogP contribution in [0.4, 0.5) is 0 Å². The maximum atomic E-state index is 12.3. The fourth-order valence-corrected chi connectivity index (χ4v) is 1.70. The molecule has 94 valence electrons.